The van der Waals surface area contributed by atoms with Gasteiger partial charge < -0.3 is 15.7 Å². The van der Waals surface area contributed by atoms with E-state index in [-0.39, 0.29) is 17.2 Å². The normalized spacial score (nSPS) is 10.7. The molecule has 0 unspecified atom stereocenters. The molecule has 2 heterocycles. The molecule has 162 valence electrons. The smallest absolute Gasteiger partial charge is 0.404 e. The van der Waals surface area contributed by atoms with Gasteiger partial charge in [-0.15, -0.1) is 11.3 Å². The number of nitrogens with one attached hydrogen (secondary N) is 2. The first-order chi connectivity index (χ1) is 15.0. The van der Waals surface area contributed by atoms with Gasteiger partial charge in [0.1, 0.15) is 10.7 Å². The molecular formula is C22H24N4O4S. The molecule has 0 atom stereocenters. The van der Waals surface area contributed by atoms with Crippen LogP contribution in [0.3, 0.4) is 0 Å². The van der Waals surface area contributed by atoms with Gasteiger partial charge in [-0.1, -0.05) is 31.0 Å². The lowest BCUT2D eigenvalue weighted by atomic mass is 10.2. The van der Waals surface area contributed by atoms with Crippen molar-refractivity contribution in [3.63, 3.8) is 0 Å². The Labute approximate surface area is 183 Å². The highest BCUT2D eigenvalue weighted by Gasteiger charge is 2.12. The second kappa shape index (κ2) is 10.6. The number of fused-ring (bicyclic) bond motifs is 1. The summed E-state index contributed by atoms with van der Waals surface area (Å²) >= 11 is 1.39. The van der Waals surface area contributed by atoms with Crippen LogP contribution in [0.1, 0.15) is 41.7 Å². The number of aryl methyl sites for hydroxylation is 1. The number of pyridine rings is 1. The van der Waals surface area contributed by atoms with E-state index in [1.165, 1.54) is 11.3 Å². The molecule has 0 bridgehead atoms. The van der Waals surface area contributed by atoms with E-state index in [4.69, 9.17) is 5.11 Å². The number of unbranched alkanes of at least 4 members (excludes halogenated alkanes) is 3. The van der Waals surface area contributed by atoms with Gasteiger partial charge in [0.25, 0.3) is 11.5 Å². The first kappa shape index (κ1) is 22.4. The highest BCUT2D eigenvalue weighted by atomic mass is 32.1. The van der Waals surface area contributed by atoms with Gasteiger partial charge in [-0.3, -0.25) is 9.59 Å². The van der Waals surface area contributed by atoms with E-state index < -0.39 is 6.09 Å². The fraction of sp³-hybridized carbons (Fsp3) is 0.318. The maximum absolute atomic E-state index is 12.4. The molecule has 8 nitrogen and oxygen atoms in total. The Hall–Kier alpha value is -3.33. The zero-order valence-corrected chi connectivity index (χ0v) is 18.0. The van der Waals surface area contributed by atoms with E-state index in [1.54, 1.807) is 24.3 Å². The Morgan fingerprint density at radius 3 is 2.42 bits per heavy atom. The van der Waals surface area contributed by atoms with Crippen LogP contribution in [0.2, 0.25) is 0 Å². The molecular weight excluding hydrogens is 416 g/mol. The molecule has 2 amide bonds. The number of carboxylic acid groups (broad SMARTS) is 1. The SMILES string of the molecule is Cc1cccc2c(=O)nc(-c3cccc(C(=O)NCCCCCCNC(=O)O)n3)sc12. The van der Waals surface area contributed by atoms with Crippen molar-refractivity contribution in [3.8, 4) is 10.7 Å². The van der Waals surface area contributed by atoms with Gasteiger partial charge in [-0.2, -0.15) is 4.98 Å². The lowest BCUT2D eigenvalue weighted by Crippen LogP contribution is -2.25. The van der Waals surface area contributed by atoms with Crippen molar-refractivity contribution >= 4 is 33.4 Å². The van der Waals surface area contributed by atoms with Gasteiger partial charge in [0, 0.05) is 17.8 Å². The van der Waals surface area contributed by atoms with Gasteiger partial charge in [-0.05, 0) is 43.5 Å². The molecule has 0 spiro atoms. The Kier molecular flexibility index (Phi) is 7.66. The number of aromatic nitrogens is 2. The number of nitrogens with zero attached hydrogens (tertiary/aromatic N) is 2. The molecule has 0 aliphatic heterocycles. The third kappa shape index (κ3) is 6.08. The minimum atomic E-state index is -1.01. The van der Waals surface area contributed by atoms with E-state index >= 15 is 0 Å². The number of hydrogen-bond acceptors (Lipinski definition) is 6. The number of carbonyl (C=O) groups excluding carboxylic acids is 1. The van der Waals surface area contributed by atoms with Crippen molar-refractivity contribution in [3.05, 3.63) is 58.0 Å². The summed E-state index contributed by atoms with van der Waals surface area (Å²) in [6.07, 6.45) is 2.33. The van der Waals surface area contributed by atoms with Crippen LogP contribution in [-0.2, 0) is 0 Å². The van der Waals surface area contributed by atoms with Gasteiger partial charge in [0.15, 0.2) is 0 Å². The Balaban J connectivity index is 1.60. The van der Waals surface area contributed by atoms with Crippen LogP contribution in [0.5, 0.6) is 0 Å². The minimum absolute atomic E-state index is 0.273. The van der Waals surface area contributed by atoms with Crippen LogP contribution in [0.15, 0.2) is 41.2 Å². The van der Waals surface area contributed by atoms with E-state index in [0.29, 0.717) is 29.2 Å². The Bertz CT molecular complexity index is 1150. The molecule has 3 N–H and O–H groups in total. The van der Waals surface area contributed by atoms with E-state index in [1.807, 2.05) is 19.1 Å². The number of benzene rings is 1. The second-order valence-electron chi connectivity index (χ2n) is 7.09. The molecule has 0 aliphatic carbocycles. The maximum Gasteiger partial charge on any atom is 0.404 e. The van der Waals surface area contributed by atoms with Crippen LogP contribution in [0, 0.1) is 6.92 Å². The average Bonchev–Trinajstić information content (AvgIpc) is 2.76. The summed E-state index contributed by atoms with van der Waals surface area (Å²) in [5.41, 5.74) is 1.46. The van der Waals surface area contributed by atoms with E-state index in [9.17, 15) is 14.4 Å². The van der Waals surface area contributed by atoms with Crippen molar-refractivity contribution in [2.24, 2.45) is 0 Å². The molecule has 1 aromatic carbocycles. The van der Waals surface area contributed by atoms with Crippen molar-refractivity contribution in [1.82, 2.24) is 20.6 Å². The summed E-state index contributed by atoms with van der Waals surface area (Å²) in [5, 5.41) is 14.7. The third-order valence-corrected chi connectivity index (χ3v) is 5.95. The minimum Gasteiger partial charge on any atom is -0.465 e. The summed E-state index contributed by atoms with van der Waals surface area (Å²) in [6, 6.07) is 10.6. The molecule has 9 heteroatoms. The highest BCUT2D eigenvalue weighted by Crippen LogP contribution is 2.27. The van der Waals surface area contributed by atoms with Crippen LogP contribution in [-0.4, -0.2) is 40.2 Å². The predicted octanol–water partition coefficient (Wildman–Crippen LogP) is 3.58. The Morgan fingerprint density at radius 2 is 1.68 bits per heavy atom. The molecule has 0 saturated heterocycles. The summed E-state index contributed by atoms with van der Waals surface area (Å²) in [6.45, 7) is 2.90. The van der Waals surface area contributed by atoms with E-state index in [2.05, 4.69) is 20.6 Å². The summed E-state index contributed by atoms with van der Waals surface area (Å²) < 4.78 is 0.868. The maximum atomic E-state index is 12.4. The van der Waals surface area contributed by atoms with Crippen LogP contribution >= 0.6 is 11.3 Å². The average molecular weight is 441 g/mol. The third-order valence-electron chi connectivity index (χ3n) is 4.71. The van der Waals surface area contributed by atoms with Gasteiger partial charge in [0.2, 0.25) is 0 Å². The number of amides is 2. The molecule has 31 heavy (non-hydrogen) atoms. The molecule has 0 fully saturated rings. The summed E-state index contributed by atoms with van der Waals surface area (Å²) in [5.74, 6) is -0.279. The first-order valence-corrected chi connectivity index (χ1v) is 10.9. The number of carbonyl (C=O) groups is 2. The first-order valence-electron chi connectivity index (χ1n) is 10.1. The fourth-order valence-electron chi connectivity index (χ4n) is 3.11. The number of rotatable bonds is 9. The topological polar surface area (TPSA) is 121 Å². The Morgan fingerprint density at radius 1 is 0.968 bits per heavy atom. The zero-order chi connectivity index (χ0) is 22.2. The second-order valence-corrected chi connectivity index (χ2v) is 8.08. The molecule has 0 aliphatic rings. The highest BCUT2D eigenvalue weighted by molar-refractivity contribution is 7.21. The van der Waals surface area contributed by atoms with Gasteiger partial charge in [0.05, 0.1) is 11.1 Å². The molecule has 0 saturated carbocycles. The van der Waals surface area contributed by atoms with Crippen LogP contribution in [0.4, 0.5) is 4.79 Å². The van der Waals surface area contributed by atoms with Gasteiger partial charge >= 0.3 is 6.09 Å². The molecule has 0 radical (unpaired) electrons. The number of hydrogen-bond donors (Lipinski definition) is 3. The van der Waals surface area contributed by atoms with Crippen LogP contribution in [0.25, 0.3) is 20.8 Å². The lowest BCUT2D eigenvalue weighted by Gasteiger charge is -2.07. The molecule has 3 aromatic rings. The zero-order valence-electron chi connectivity index (χ0n) is 17.2. The summed E-state index contributed by atoms with van der Waals surface area (Å²) in [7, 11) is 0. The molecule has 2 aromatic heterocycles. The quantitative estimate of drug-likeness (QED) is 0.437. The molecule has 3 rings (SSSR count). The van der Waals surface area contributed by atoms with Crippen molar-refractivity contribution < 1.29 is 14.7 Å². The lowest BCUT2D eigenvalue weighted by molar-refractivity contribution is 0.0948. The van der Waals surface area contributed by atoms with Crippen molar-refractivity contribution in [2.45, 2.75) is 32.6 Å². The fourth-order valence-corrected chi connectivity index (χ4v) is 4.14. The van der Waals surface area contributed by atoms with Crippen molar-refractivity contribution in [2.75, 3.05) is 13.1 Å². The largest absolute Gasteiger partial charge is 0.465 e. The monoisotopic (exact) mass is 440 g/mol. The summed E-state index contributed by atoms with van der Waals surface area (Å²) in [4.78, 5) is 43.8. The predicted molar refractivity (Wildman–Crippen MR) is 121 cm³/mol. The standard InChI is InChI=1S/C22H24N4O4S/c1-14-8-6-9-15-18(14)31-21(26-19(15)27)17-11-7-10-16(25-17)20(28)23-12-4-2-3-5-13-24-22(29)30/h6-11,24H,2-5,12-13H2,1H3,(H,23,28)(H,29,30). The van der Waals surface area contributed by atoms with E-state index in [0.717, 1.165) is 35.9 Å². The van der Waals surface area contributed by atoms with Crippen molar-refractivity contribution in [1.29, 1.82) is 0 Å². The van der Waals surface area contributed by atoms with Crippen LogP contribution < -0.4 is 16.2 Å². The van der Waals surface area contributed by atoms with Gasteiger partial charge in [-0.25, -0.2) is 9.78 Å².